The van der Waals surface area contributed by atoms with E-state index < -0.39 is 0 Å². The van der Waals surface area contributed by atoms with Gasteiger partial charge < -0.3 is 24.8 Å². The number of nitrogens with one attached hydrogen (secondary N) is 2. The van der Waals surface area contributed by atoms with Crippen LogP contribution < -0.4 is 20.1 Å². The maximum Gasteiger partial charge on any atom is 0.134 e. The lowest BCUT2D eigenvalue weighted by atomic mass is 10.4. The van der Waals surface area contributed by atoms with Crippen molar-refractivity contribution < 1.29 is 14.2 Å². The Morgan fingerprint density at radius 2 is 1.27 bits per heavy atom. The number of thioether (sulfide) groups is 1. The Bertz CT molecular complexity index is 580. The highest BCUT2D eigenvalue weighted by Gasteiger charge is 2.07. The van der Waals surface area contributed by atoms with Crippen LogP contribution >= 0.6 is 34.4 Å². The lowest BCUT2D eigenvalue weighted by molar-refractivity contribution is 0.137. The molecule has 0 aromatic carbocycles. The molecule has 0 atom stereocenters. The first-order chi connectivity index (χ1) is 12.9. The molecule has 0 bridgehead atoms. The van der Waals surface area contributed by atoms with Crippen molar-refractivity contribution in [2.45, 2.75) is 13.1 Å². The van der Waals surface area contributed by atoms with E-state index in [0.29, 0.717) is 13.2 Å². The molecule has 0 amide bonds. The molecule has 0 saturated heterocycles. The first-order valence-corrected chi connectivity index (χ1v) is 11.8. The molecule has 2 aromatic rings. The summed E-state index contributed by atoms with van der Waals surface area (Å²) < 4.78 is 17.5. The smallest absolute Gasteiger partial charge is 0.134 e. The van der Waals surface area contributed by atoms with Gasteiger partial charge in [0.25, 0.3) is 0 Å². The molecule has 5 nitrogen and oxygen atoms in total. The molecule has 2 aromatic heterocycles. The quantitative estimate of drug-likeness (QED) is 0.690. The zero-order valence-electron chi connectivity index (χ0n) is 14.8. The van der Waals surface area contributed by atoms with Gasteiger partial charge in [0.15, 0.2) is 0 Å². The Morgan fingerprint density at radius 1 is 0.731 bits per heavy atom. The summed E-state index contributed by atoms with van der Waals surface area (Å²) in [5, 5.41) is 11.0. The summed E-state index contributed by atoms with van der Waals surface area (Å²) in [7, 11) is 0. The van der Waals surface area contributed by atoms with E-state index in [4.69, 9.17) is 14.2 Å². The fraction of sp³-hybridized carbons (Fsp3) is 0.556. The number of thiophene rings is 2. The van der Waals surface area contributed by atoms with Crippen molar-refractivity contribution >= 4 is 34.4 Å². The van der Waals surface area contributed by atoms with Gasteiger partial charge in [0.05, 0.1) is 36.2 Å². The predicted octanol–water partition coefficient (Wildman–Crippen LogP) is 3.21. The number of ether oxygens (including phenoxy) is 3. The third-order valence-electron chi connectivity index (χ3n) is 3.80. The van der Waals surface area contributed by atoms with E-state index in [2.05, 4.69) is 33.5 Å². The average Bonchev–Trinajstić information content (AvgIpc) is 3.28. The van der Waals surface area contributed by atoms with Crippen LogP contribution in [0.5, 0.6) is 11.5 Å². The predicted molar refractivity (Wildman–Crippen MR) is 111 cm³/mol. The highest BCUT2D eigenvalue weighted by molar-refractivity contribution is 7.99. The van der Waals surface area contributed by atoms with Gasteiger partial charge >= 0.3 is 0 Å². The Morgan fingerprint density at radius 3 is 1.81 bits per heavy atom. The van der Waals surface area contributed by atoms with Gasteiger partial charge in [-0.15, -0.1) is 22.7 Å². The average molecular weight is 415 g/mol. The fourth-order valence-electron chi connectivity index (χ4n) is 2.49. The van der Waals surface area contributed by atoms with Gasteiger partial charge in [0.1, 0.15) is 11.5 Å². The summed E-state index contributed by atoms with van der Waals surface area (Å²) >= 11 is 5.33. The minimum atomic E-state index is 0.716. The van der Waals surface area contributed by atoms with Gasteiger partial charge in [0, 0.05) is 37.7 Å². The second-order valence-corrected chi connectivity index (χ2v) is 8.92. The third-order valence-corrected chi connectivity index (χ3v) is 6.51. The maximum atomic E-state index is 5.92. The molecule has 1 aliphatic heterocycles. The Hall–Kier alpha value is -0.770. The van der Waals surface area contributed by atoms with Gasteiger partial charge in [-0.1, -0.05) is 0 Å². The molecule has 8 heteroatoms. The van der Waals surface area contributed by atoms with E-state index in [1.165, 1.54) is 9.75 Å². The maximum absolute atomic E-state index is 5.92. The first-order valence-electron chi connectivity index (χ1n) is 8.89. The summed E-state index contributed by atoms with van der Waals surface area (Å²) in [6, 6.07) is 4.11. The van der Waals surface area contributed by atoms with E-state index in [1.54, 1.807) is 22.7 Å². The first kappa shape index (κ1) is 20.0. The van der Waals surface area contributed by atoms with Gasteiger partial charge in [-0.25, -0.2) is 0 Å². The number of hydrogen-bond donors (Lipinski definition) is 2. The normalized spacial score (nSPS) is 18.8. The number of hydrogen-bond acceptors (Lipinski definition) is 8. The Kier molecular flexibility index (Phi) is 9.10. The van der Waals surface area contributed by atoms with Crippen molar-refractivity contribution in [3.05, 3.63) is 32.6 Å². The molecule has 1 aliphatic rings. The van der Waals surface area contributed by atoms with Gasteiger partial charge in [-0.2, -0.15) is 11.8 Å². The summed E-state index contributed by atoms with van der Waals surface area (Å²) in [4.78, 5) is 2.50. The summed E-state index contributed by atoms with van der Waals surface area (Å²) in [5.41, 5.74) is 0. The van der Waals surface area contributed by atoms with Gasteiger partial charge in [-0.05, 0) is 22.9 Å². The van der Waals surface area contributed by atoms with Crippen molar-refractivity contribution in [2.24, 2.45) is 0 Å². The molecule has 0 spiro atoms. The van der Waals surface area contributed by atoms with Crippen molar-refractivity contribution in [2.75, 3.05) is 51.0 Å². The van der Waals surface area contributed by atoms with Crippen LogP contribution in [0.1, 0.15) is 9.75 Å². The topological polar surface area (TPSA) is 51.8 Å². The largest absolute Gasteiger partial charge is 0.492 e. The van der Waals surface area contributed by atoms with E-state index in [9.17, 15) is 0 Å². The van der Waals surface area contributed by atoms with Crippen molar-refractivity contribution in [3.8, 4) is 11.5 Å². The fourth-order valence-corrected chi connectivity index (χ4v) is 4.67. The van der Waals surface area contributed by atoms with E-state index in [0.717, 1.165) is 62.4 Å². The highest BCUT2D eigenvalue weighted by Crippen LogP contribution is 2.26. The van der Waals surface area contributed by atoms with Crippen molar-refractivity contribution in [1.82, 2.24) is 10.6 Å². The molecule has 0 aliphatic carbocycles. The van der Waals surface area contributed by atoms with Crippen LogP contribution in [-0.4, -0.2) is 51.0 Å². The van der Waals surface area contributed by atoms with Gasteiger partial charge in [0.2, 0.25) is 0 Å². The summed E-state index contributed by atoms with van der Waals surface area (Å²) in [6.07, 6.45) is 0. The molecule has 0 radical (unpaired) electrons. The van der Waals surface area contributed by atoms with Crippen LogP contribution in [0.4, 0.5) is 0 Å². The standard InChI is InChI=1S/C18H26N2O3S3/c1-9-25-17-13-19-3-5-21-6-4-20-14-18-16(2-10-26-18)23-8-12-24-11-7-22-15(1)17/h1-2,9-10,19-20H,3-8,11-14H2. The second kappa shape index (κ2) is 11.8. The summed E-state index contributed by atoms with van der Waals surface area (Å²) in [5.74, 6) is 3.94. The Balaban J connectivity index is 1.48. The van der Waals surface area contributed by atoms with Gasteiger partial charge in [-0.3, -0.25) is 0 Å². The molecule has 2 N–H and O–H groups in total. The molecule has 144 valence electrons. The SMILES string of the molecule is c1cc2c(s1)CNCCOCCNCc1sccc1OCCSCCO2. The van der Waals surface area contributed by atoms with Crippen molar-refractivity contribution in [3.63, 3.8) is 0 Å². The Labute approximate surface area is 167 Å². The monoisotopic (exact) mass is 414 g/mol. The van der Waals surface area contributed by atoms with Crippen LogP contribution in [-0.2, 0) is 17.8 Å². The molecule has 0 fully saturated rings. The molecular weight excluding hydrogens is 388 g/mol. The van der Waals surface area contributed by atoms with Crippen LogP contribution in [0, 0.1) is 0 Å². The van der Waals surface area contributed by atoms with Crippen LogP contribution in [0.2, 0.25) is 0 Å². The molecule has 3 rings (SSSR count). The molecule has 0 unspecified atom stereocenters. The molecular formula is C18H26N2O3S3. The minimum Gasteiger partial charge on any atom is -0.492 e. The molecule has 3 heterocycles. The summed E-state index contributed by atoms with van der Waals surface area (Å²) in [6.45, 7) is 6.23. The zero-order valence-corrected chi connectivity index (χ0v) is 17.3. The van der Waals surface area contributed by atoms with E-state index in [1.807, 2.05) is 11.8 Å². The highest BCUT2D eigenvalue weighted by atomic mass is 32.2. The van der Waals surface area contributed by atoms with E-state index in [-0.39, 0.29) is 0 Å². The lowest BCUT2D eigenvalue weighted by Gasteiger charge is -2.11. The molecule has 26 heavy (non-hydrogen) atoms. The minimum absolute atomic E-state index is 0.716. The van der Waals surface area contributed by atoms with Crippen LogP contribution in [0.15, 0.2) is 22.9 Å². The number of rotatable bonds is 0. The van der Waals surface area contributed by atoms with Crippen LogP contribution in [0.3, 0.4) is 0 Å². The van der Waals surface area contributed by atoms with Crippen molar-refractivity contribution in [1.29, 1.82) is 0 Å². The molecule has 0 saturated carbocycles. The third kappa shape index (κ3) is 6.75. The van der Waals surface area contributed by atoms with Crippen LogP contribution in [0.25, 0.3) is 0 Å². The van der Waals surface area contributed by atoms with E-state index >= 15 is 0 Å². The number of fused-ring (bicyclic) bond motifs is 2. The second-order valence-electron chi connectivity index (χ2n) is 5.69. The lowest BCUT2D eigenvalue weighted by Crippen LogP contribution is -2.23. The zero-order chi connectivity index (χ0) is 17.9.